The van der Waals surface area contributed by atoms with Crippen LogP contribution in [0.15, 0.2) is 0 Å². The quantitative estimate of drug-likeness (QED) is 0.776. The summed E-state index contributed by atoms with van der Waals surface area (Å²) in [5.74, 6) is 1.81. The minimum absolute atomic E-state index is 0.0740. The van der Waals surface area contributed by atoms with E-state index in [0.717, 1.165) is 25.9 Å². The maximum Gasteiger partial charge on any atom is 0.322 e. The third-order valence-electron chi connectivity index (χ3n) is 4.12. The topological polar surface area (TPSA) is 71.5 Å². The summed E-state index contributed by atoms with van der Waals surface area (Å²) in [5, 5.41) is 0. The van der Waals surface area contributed by atoms with Crippen LogP contribution in [0.1, 0.15) is 32.6 Å². The van der Waals surface area contributed by atoms with Gasteiger partial charge in [-0.2, -0.15) is 15.0 Å². The highest BCUT2D eigenvalue weighted by Gasteiger charge is 2.20. The normalized spacial score (nSPS) is 18.2. The van der Waals surface area contributed by atoms with E-state index >= 15 is 0 Å². The molecule has 130 valence electrons. The smallest absolute Gasteiger partial charge is 0.322 e. The van der Waals surface area contributed by atoms with Crippen molar-refractivity contribution < 1.29 is 8.95 Å². The lowest BCUT2D eigenvalue weighted by Gasteiger charge is -2.26. The minimum atomic E-state index is -0.864. The zero-order valence-corrected chi connectivity index (χ0v) is 15.3. The van der Waals surface area contributed by atoms with Crippen LogP contribution >= 0.6 is 0 Å². The Morgan fingerprint density at radius 1 is 1.22 bits per heavy atom. The second kappa shape index (κ2) is 8.42. The molecule has 8 heteroatoms. The van der Waals surface area contributed by atoms with Gasteiger partial charge in [-0.15, -0.1) is 0 Å². The molecule has 1 aliphatic rings. The maximum absolute atomic E-state index is 11.5. The number of rotatable bonds is 6. The predicted molar refractivity (Wildman–Crippen MR) is 93.9 cm³/mol. The molecule has 1 saturated heterocycles. The summed E-state index contributed by atoms with van der Waals surface area (Å²) >= 11 is 0. The van der Waals surface area contributed by atoms with E-state index in [1.54, 1.807) is 13.4 Å². The third-order valence-corrected chi connectivity index (χ3v) is 5.07. The molecule has 0 radical (unpaired) electrons. The number of ether oxygens (including phenoxy) is 1. The highest BCUT2D eigenvalue weighted by molar-refractivity contribution is 7.84. The van der Waals surface area contributed by atoms with E-state index in [1.165, 1.54) is 12.8 Å². The highest BCUT2D eigenvalue weighted by atomic mass is 32.2. The van der Waals surface area contributed by atoms with Gasteiger partial charge in [-0.3, -0.25) is 4.21 Å². The summed E-state index contributed by atoms with van der Waals surface area (Å²) in [4.78, 5) is 17.5. The molecular weight excluding hydrogens is 314 g/mol. The standard InChI is InChI=1S/C15H27N5O2S/c1-12(11-23(4)21)19(2)13-16-14(18-15(17-13)22-3)20-9-7-5-6-8-10-20/h12H,5-11H2,1-4H3/t12-,23+/m0/s1. The molecule has 1 fully saturated rings. The molecule has 2 atom stereocenters. The van der Waals surface area contributed by atoms with Crippen LogP contribution in [0.4, 0.5) is 11.9 Å². The molecule has 0 aliphatic carbocycles. The van der Waals surface area contributed by atoms with E-state index in [0.29, 0.717) is 23.7 Å². The van der Waals surface area contributed by atoms with E-state index in [9.17, 15) is 4.21 Å². The lowest BCUT2D eigenvalue weighted by atomic mass is 10.2. The largest absolute Gasteiger partial charge is 0.467 e. The molecule has 0 aromatic carbocycles. The molecule has 0 saturated carbocycles. The molecule has 0 bridgehead atoms. The molecule has 1 aliphatic heterocycles. The summed E-state index contributed by atoms with van der Waals surface area (Å²) < 4.78 is 16.7. The number of aromatic nitrogens is 3. The van der Waals surface area contributed by atoms with Crippen molar-refractivity contribution in [2.24, 2.45) is 0 Å². The molecule has 2 rings (SSSR count). The first-order valence-corrected chi connectivity index (χ1v) is 9.82. The lowest BCUT2D eigenvalue weighted by Crippen LogP contribution is -2.35. The van der Waals surface area contributed by atoms with Gasteiger partial charge in [-0.05, 0) is 19.8 Å². The van der Waals surface area contributed by atoms with E-state index in [1.807, 2.05) is 18.9 Å². The van der Waals surface area contributed by atoms with Crippen LogP contribution in [0, 0.1) is 0 Å². The Balaban J connectivity index is 2.25. The molecule has 1 aromatic heterocycles. The van der Waals surface area contributed by atoms with E-state index in [4.69, 9.17) is 4.74 Å². The average molecular weight is 341 g/mol. The zero-order valence-electron chi connectivity index (χ0n) is 14.5. The van der Waals surface area contributed by atoms with Crippen molar-refractivity contribution in [3.63, 3.8) is 0 Å². The second-order valence-electron chi connectivity index (χ2n) is 6.02. The number of anilines is 2. The van der Waals surface area contributed by atoms with Crippen LogP contribution in [0.3, 0.4) is 0 Å². The molecule has 23 heavy (non-hydrogen) atoms. The summed E-state index contributed by atoms with van der Waals surface area (Å²) in [5.41, 5.74) is 0. The first-order chi connectivity index (χ1) is 11.0. The van der Waals surface area contributed by atoms with E-state index < -0.39 is 10.8 Å². The second-order valence-corrected chi connectivity index (χ2v) is 7.50. The van der Waals surface area contributed by atoms with Crippen molar-refractivity contribution in [1.82, 2.24) is 15.0 Å². The number of hydrogen-bond donors (Lipinski definition) is 0. The maximum atomic E-state index is 11.5. The van der Waals surface area contributed by atoms with Gasteiger partial charge in [0.15, 0.2) is 0 Å². The molecular formula is C15H27N5O2S. The summed E-state index contributed by atoms with van der Waals surface area (Å²) in [7, 11) is 2.62. The Morgan fingerprint density at radius 2 is 1.87 bits per heavy atom. The van der Waals surface area contributed by atoms with Crippen molar-refractivity contribution in [1.29, 1.82) is 0 Å². The van der Waals surface area contributed by atoms with Crippen LogP contribution in [0.25, 0.3) is 0 Å². The van der Waals surface area contributed by atoms with Gasteiger partial charge in [0.2, 0.25) is 11.9 Å². The van der Waals surface area contributed by atoms with Crippen molar-refractivity contribution in [2.45, 2.75) is 38.6 Å². The van der Waals surface area contributed by atoms with E-state index in [-0.39, 0.29) is 6.04 Å². The van der Waals surface area contributed by atoms with Crippen molar-refractivity contribution >= 4 is 22.7 Å². The molecule has 0 spiro atoms. The van der Waals surface area contributed by atoms with Gasteiger partial charge in [0.25, 0.3) is 0 Å². The Hall–Kier alpha value is -1.44. The first kappa shape index (κ1) is 17.9. The van der Waals surface area contributed by atoms with Crippen LogP contribution in [0.2, 0.25) is 0 Å². The average Bonchev–Trinajstić information content (AvgIpc) is 2.82. The fraction of sp³-hybridized carbons (Fsp3) is 0.800. The van der Waals surface area contributed by atoms with Gasteiger partial charge in [0, 0.05) is 49.0 Å². The lowest BCUT2D eigenvalue weighted by molar-refractivity contribution is 0.377. The van der Waals surface area contributed by atoms with Crippen molar-refractivity contribution in [3.8, 4) is 6.01 Å². The predicted octanol–water partition coefficient (Wildman–Crippen LogP) is 1.46. The van der Waals surface area contributed by atoms with Gasteiger partial charge in [-0.1, -0.05) is 12.8 Å². The van der Waals surface area contributed by atoms with Crippen molar-refractivity contribution in [2.75, 3.05) is 49.1 Å². The Bertz CT molecular complexity index is 535. The molecule has 7 nitrogen and oxygen atoms in total. The molecule has 0 amide bonds. The van der Waals surface area contributed by atoms with Crippen LogP contribution in [0.5, 0.6) is 6.01 Å². The third kappa shape index (κ3) is 5.02. The summed E-state index contributed by atoms with van der Waals surface area (Å²) in [6.07, 6.45) is 6.53. The number of hydrogen-bond acceptors (Lipinski definition) is 7. The molecule has 2 heterocycles. The highest BCUT2D eigenvalue weighted by Crippen LogP contribution is 2.21. The van der Waals surface area contributed by atoms with Crippen LogP contribution in [-0.4, -0.2) is 64.5 Å². The Morgan fingerprint density at radius 3 is 2.43 bits per heavy atom. The number of methoxy groups -OCH3 is 1. The van der Waals surface area contributed by atoms with Crippen LogP contribution in [-0.2, 0) is 10.8 Å². The van der Waals surface area contributed by atoms with E-state index in [2.05, 4.69) is 19.9 Å². The number of nitrogens with zero attached hydrogens (tertiary/aromatic N) is 5. The Kier molecular flexibility index (Phi) is 6.56. The Labute approximate surface area is 140 Å². The molecule has 0 N–H and O–H groups in total. The van der Waals surface area contributed by atoms with Gasteiger partial charge in [0.05, 0.1) is 7.11 Å². The fourth-order valence-electron chi connectivity index (χ4n) is 2.65. The van der Waals surface area contributed by atoms with Gasteiger partial charge in [0.1, 0.15) is 0 Å². The molecule has 1 aromatic rings. The SMILES string of the molecule is COc1nc(N2CCCCCC2)nc(N(C)[C@@H](C)C[S@@](C)=O)n1. The fourth-order valence-corrected chi connectivity index (χ4v) is 3.55. The van der Waals surface area contributed by atoms with Gasteiger partial charge < -0.3 is 14.5 Å². The van der Waals surface area contributed by atoms with Gasteiger partial charge in [-0.25, -0.2) is 0 Å². The van der Waals surface area contributed by atoms with Crippen molar-refractivity contribution in [3.05, 3.63) is 0 Å². The summed E-state index contributed by atoms with van der Waals surface area (Å²) in [6.45, 7) is 3.94. The summed E-state index contributed by atoms with van der Waals surface area (Å²) in [6, 6.07) is 0.399. The monoisotopic (exact) mass is 341 g/mol. The van der Waals surface area contributed by atoms with Crippen LogP contribution < -0.4 is 14.5 Å². The zero-order chi connectivity index (χ0) is 16.8. The molecule has 0 unspecified atom stereocenters. The minimum Gasteiger partial charge on any atom is -0.467 e. The first-order valence-electron chi connectivity index (χ1n) is 8.09. The van der Waals surface area contributed by atoms with Gasteiger partial charge >= 0.3 is 6.01 Å².